The maximum atomic E-state index is 13.0. The predicted octanol–water partition coefficient (Wildman–Crippen LogP) is 3.77. The van der Waals surface area contributed by atoms with Crippen LogP contribution in [0.5, 0.6) is 0 Å². The summed E-state index contributed by atoms with van der Waals surface area (Å²) < 4.78 is 27.0. The molecule has 3 rings (SSSR count). The highest BCUT2D eigenvalue weighted by atomic mass is 35.5. The lowest BCUT2D eigenvalue weighted by Crippen LogP contribution is -2.35. The number of fused-ring (bicyclic) bond motifs is 1. The zero-order valence-electron chi connectivity index (χ0n) is 13.0. The van der Waals surface area contributed by atoms with Crippen LogP contribution in [0.3, 0.4) is 0 Å². The third-order valence-electron chi connectivity index (χ3n) is 3.72. The van der Waals surface area contributed by atoms with Crippen molar-refractivity contribution in [3.8, 4) is 0 Å². The van der Waals surface area contributed by atoms with Crippen LogP contribution in [0, 0.1) is 0 Å². The Bertz CT molecular complexity index is 1030. The maximum absolute atomic E-state index is 13.0. The Morgan fingerprint density at radius 3 is 2.28 bits per heavy atom. The summed E-state index contributed by atoms with van der Waals surface area (Å²) in [5, 5.41) is 11.1. The van der Waals surface area contributed by atoms with E-state index in [4.69, 9.17) is 11.6 Å². The van der Waals surface area contributed by atoms with Crippen molar-refractivity contribution in [2.75, 3.05) is 10.8 Å². The minimum absolute atomic E-state index is 0.0221. The number of carboxylic acid groups (broad SMARTS) is 1. The summed E-state index contributed by atoms with van der Waals surface area (Å²) in [7, 11) is -4.06. The molecule has 0 saturated heterocycles. The smallest absolute Gasteiger partial charge is 0.324 e. The van der Waals surface area contributed by atoms with Crippen molar-refractivity contribution in [2.24, 2.45) is 0 Å². The average Bonchev–Trinajstić information content (AvgIpc) is 2.59. The van der Waals surface area contributed by atoms with Crippen LogP contribution >= 0.6 is 11.6 Å². The van der Waals surface area contributed by atoms with E-state index in [1.165, 1.54) is 24.3 Å². The van der Waals surface area contributed by atoms with Crippen molar-refractivity contribution in [1.29, 1.82) is 0 Å². The quantitative estimate of drug-likeness (QED) is 0.736. The number of anilines is 1. The van der Waals surface area contributed by atoms with Gasteiger partial charge in [0, 0.05) is 10.4 Å². The van der Waals surface area contributed by atoms with E-state index in [9.17, 15) is 18.3 Å². The molecule has 1 N–H and O–H groups in total. The molecule has 128 valence electrons. The summed E-state index contributed by atoms with van der Waals surface area (Å²) in [5.74, 6) is -1.24. The van der Waals surface area contributed by atoms with Crippen LogP contribution < -0.4 is 4.31 Å². The molecule has 7 heteroatoms. The van der Waals surface area contributed by atoms with E-state index in [0.29, 0.717) is 16.1 Å². The Labute approximate surface area is 150 Å². The van der Waals surface area contributed by atoms with E-state index in [1.807, 2.05) is 18.2 Å². The second-order valence-corrected chi connectivity index (χ2v) is 7.66. The van der Waals surface area contributed by atoms with Crippen molar-refractivity contribution >= 4 is 44.1 Å². The number of carboxylic acids is 1. The molecule has 0 atom stereocenters. The largest absolute Gasteiger partial charge is 0.480 e. The Hall–Kier alpha value is -2.57. The number of benzene rings is 3. The highest BCUT2D eigenvalue weighted by molar-refractivity contribution is 7.92. The molecule has 0 aromatic heterocycles. The fraction of sp³-hybridized carbons (Fsp3) is 0.0556. The Morgan fingerprint density at radius 2 is 1.60 bits per heavy atom. The van der Waals surface area contributed by atoms with Gasteiger partial charge in [0.25, 0.3) is 10.0 Å². The van der Waals surface area contributed by atoms with Crippen LogP contribution in [-0.4, -0.2) is 26.0 Å². The first-order valence-electron chi connectivity index (χ1n) is 7.37. The number of nitrogens with zero attached hydrogens (tertiary/aromatic N) is 1. The summed E-state index contributed by atoms with van der Waals surface area (Å²) >= 11 is 5.82. The van der Waals surface area contributed by atoms with Crippen LogP contribution in [0.4, 0.5) is 5.69 Å². The van der Waals surface area contributed by atoms with Crippen LogP contribution in [-0.2, 0) is 14.8 Å². The van der Waals surface area contributed by atoms with Crippen LogP contribution in [0.1, 0.15) is 0 Å². The average molecular weight is 376 g/mol. The lowest BCUT2D eigenvalue weighted by Gasteiger charge is -2.24. The van der Waals surface area contributed by atoms with Gasteiger partial charge in [-0.05, 0) is 35.7 Å². The number of aliphatic carboxylic acids is 1. The van der Waals surface area contributed by atoms with Crippen LogP contribution in [0.2, 0.25) is 5.02 Å². The molecule has 25 heavy (non-hydrogen) atoms. The third kappa shape index (κ3) is 3.45. The van der Waals surface area contributed by atoms with Crippen molar-refractivity contribution in [2.45, 2.75) is 4.90 Å². The van der Waals surface area contributed by atoms with Gasteiger partial charge in [-0.1, -0.05) is 48.0 Å². The second kappa shape index (κ2) is 6.74. The van der Waals surface area contributed by atoms with Gasteiger partial charge in [-0.3, -0.25) is 9.10 Å². The Kier molecular flexibility index (Phi) is 4.65. The van der Waals surface area contributed by atoms with E-state index >= 15 is 0 Å². The van der Waals surface area contributed by atoms with Gasteiger partial charge in [-0.15, -0.1) is 0 Å². The minimum atomic E-state index is -4.06. The Morgan fingerprint density at radius 1 is 0.960 bits per heavy atom. The van der Waals surface area contributed by atoms with E-state index in [-0.39, 0.29) is 4.90 Å². The van der Waals surface area contributed by atoms with Crippen LogP contribution in [0.15, 0.2) is 71.6 Å². The molecule has 3 aromatic carbocycles. The minimum Gasteiger partial charge on any atom is -0.480 e. The van der Waals surface area contributed by atoms with Crippen molar-refractivity contribution < 1.29 is 18.3 Å². The SMILES string of the molecule is O=C(O)CN(c1cccc2ccccc12)S(=O)(=O)c1ccc(Cl)cc1. The zero-order valence-corrected chi connectivity index (χ0v) is 14.5. The number of hydrogen-bond acceptors (Lipinski definition) is 3. The Balaban J connectivity index is 2.20. The number of halogens is 1. The summed E-state index contributed by atoms with van der Waals surface area (Å²) in [6.07, 6.45) is 0. The zero-order chi connectivity index (χ0) is 18.0. The molecular weight excluding hydrogens is 362 g/mol. The predicted molar refractivity (Wildman–Crippen MR) is 97.6 cm³/mol. The molecule has 0 saturated carbocycles. The third-order valence-corrected chi connectivity index (χ3v) is 5.74. The van der Waals surface area contributed by atoms with Gasteiger partial charge in [0.1, 0.15) is 6.54 Å². The molecule has 0 fully saturated rings. The van der Waals surface area contributed by atoms with Gasteiger partial charge >= 0.3 is 5.97 Å². The normalized spacial score (nSPS) is 11.4. The highest BCUT2D eigenvalue weighted by Crippen LogP contribution is 2.31. The van der Waals surface area contributed by atoms with Crippen molar-refractivity contribution in [1.82, 2.24) is 0 Å². The summed E-state index contributed by atoms with van der Waals surface area (Å²) in [6, 6.07) is 18.0. The van der Waals surface area contributed by atoms with Gasteiger partial charge in [0.15, 0.2) is 0 Å². The monoisotopic (exact) mass is 375 g/mol. The number of hydrogen-bond donors (Lipinski definition) is 1. The molecule has 0 radical (unpaired) electrons. The number of rotatable bonds is 5. The molecule has 0 amide bonds. The fourth-order valence-corrected chi connectivity index (χ4v) is 4.14. The van der Waals surface area contributed by atoms with E-state index in [0.717, 1.165) is 9.69 Å². The van der Waals surface area contributed by atoms with Gasteiger partial charge < -0.3 is 5.11 Å². The fourth-order valence-electron chi connectivity index (χ4n) is 2.58. The highest BCUT2D eigenvalue weighted by Gasteiger charge is 2.28. The molecule has 5 nitrogen and oxygen atoms in total. The molecule has 0 aliphatic rings. The lowest BCUT2D eigenvalue weighted by atomic mass is 10.1. The van der Waals surface area contributed by atoms with Crippen molar-refractivity contribution in [3.05, 3.63) is 71.8 Å². The molecular formula is C18H14ClNO4S. The van der Waals surface area contributed by atoms with E-state index < -0.39 is 22.5 Å². The molecule has 0 bridgehead atoms. The summed E-state index contributed by atoms with van der Waals surface area (Å²) in [5.41, 5.74) is 0.315. The molecule has 0 spiro atoms. The van der Waals surface area contributed by atoms with Gasteiger partial charge in [0.2, 0.25) is 0 Å². The second-order valence-electron chi connectivity index (χ2n) is 5.36. The molecule has 3 aromatic rings. The van der Waals surface area contributed by atoms with Gasteiger partial charge in [-0.25, -0.2) is 8.42 Å². The van der Waals surface area contributed by atoms with Crippen LogP contribution in [0.25, 0.3) is 10.8 Å². The molecule has 0 unspecified atom stereocenters. The molecule has 0 aliphatic heterocycles. The van der Waals surface area contributed by atoms with E-state index in [1.54, 1.807) is 24.3 Å². The first-order chi connectivity index (χ1) is 11.9. The molecule has 0 heterocycles. The number of carbonyl (C=O) groups is 1. The molecule has 0 aliphatic carbocycles. The van der Waals surface area contributed by atoms with E-state index in [2.05, 4.69) is 0 Å². The van der Waals surface area contributed by atoms with Gasteiger partial charge in [-0.2, -0.15) is 0 Å². The van der Waals surface area contributed by atoms with Gasteiger partial charge in [0.05, 0.1) is 10.6 Å². The lowest BCUT2D eigenvalue weighted by molar-refractivity contribution is -0.135. The summed E-state index contributed by atoms with van der Waals surface area (Å²) in [6.45, 7) is -0.682. The van der Waals surface area contributed by atoms with Crippen molar-refractivity contribution in [3.63, 3.8) is 0 Å². The number of sulfonamides is 1. The first-order valence-corrected chi connectivity index (χ1v) is 9.19. The topological polar surface area (TPSA) is 74.7 Å². The maximum Gasteiger partial charge on any atom is 0.324 e. The standard InChI is InChI=1S/C18H14ClNO4S/c19-14-8-10-15(11-9-14)25(23,24)20(12-18(21)22)17-7-3-5-13-4-1-2-6-16(13)17/h1-11H,12H2,(H,21,22). The summed E-state index contributed by atoms with van der Waals surface area (Å²) in [4.78, 5) is 11.3. The first kappa shape index (κ1) is 17.3.